The standard InChI is InChI=1S/C14H21O5P/c1-2-3-4-5-6-7-14(15)12-8-10-13(11-9-12)19-20(16,17)18/h8-11H,2-7H2,1H3,(H2,16,17,18). The molecule has 1 aromatic rings. The van der Waals surface area contributed by atoms with Gasteiger partial charge in [-0.3, -0.25) is 14.6 Å². The van der Waals surface area contributed by atoms with Crippen molar-refractivity contribution in [2.75, 3.05) is 0 Å². The van der Waals surface area contributed by atoms with Crippen LogP contribution in [-0.4, -0.2) is 15.6 Å². The number of unbranched alkanes of at least 4 members (excludes halogenated alkanes) is 4. The molecule has 1 aromatic carbocycles. The molecule has 0 heterocycles. The van der Waals surface area contributed by atoms with Crippen LogP contribution in [0.1, 0.15) is 55.8 Å². The third-order valence-electron chi connectivity index (χ3n) is 2.91. The summed E-state index contributed by atoms with van der Waals surface area (Å²) >= 11 is 0. The zero-order valence-corrected chi connectivity index (χ0v) is 12.5. The molecular formula is C14H21O5P. The Kier molecular flexibility index (Phi) is 6.93. The Balaban J connectivity index is 2.43. The first kappa shape index (κ1) is 16.9. The molecule has 0 unspecified atom stereocenters. The Morgan fingerprint density at radius 1 is 1.10 bits per heavy atom. The van der Waals surface area contributed by atoms with E-state index in [0.29, 0.717) is 12.0 Å². The van der Waals surface area contributed by atoms with Gasteiger partial charge in [0, 0.05) is 12.0 Å². The molecule has 0 aliphatic carbocycles. The molecule has 2 N–H and O–H groups in total. The van der Waals surface area contributed by atoms with Crippen LogP contribution in [0.5, 0.6) is 5.75 Å². The summed E-state index contributed by atoms with van der Waals surface area (Å²) in [4.78, 5) is 29.2. The molecule has 112 valence electrons. The lowest BCUT2D eigenvalue weighted by Gasteiger charge is -2.07. The molecule has 0 aromatic heterocycles. The molecule has 20 heavy (non-hydrogen) atoms. The SMILES string of the molecule is CCCCCCCC(=O)c1ccc(OP(=O)(O)O)cc1. The van der Waals surface area contributed by atoms with Gasteiger partial charge in [0.15, 0.2) is 5.78 Å². The van der Waals surface area contributed by atoms with Crippen molar-refractivity contribution in [3.63, 3.8) is 0 Å². The van der Waals surface area contributed by atoms with Gasteiger partial charge >= 0.3 is 7.82 Å². The number of ketones is 1. The molecule has 5 nitrogen and oxygen atoms in total. The van der Waals surface area contributed by atoms with Gasteiger partial charge in [0.1, 0.15) is 5.75 Å². The lowest BCUT2D eigenvalue weighted by molar-refractivity contribution is 0.0979. The summed E-state index contributed by atoms with van der Waals surface area (Å²) in [5.41, 5.74) is 0.540. The number of Topliss-reactive ketones (excluding diaryl/α,β-unsaturated/α-hetero) is 1. The summed E-state index contributed by atoms with van der Waals surface area (Å²) < 4.78 is 15.1. The first-order valence-electron chi connectivity index (χ1n) is 6.81. The molecule has 0 bridgehead atoms. The van der Waals surface area contributed by atoms with Crippen LogP contribution in [0, 0.1) is 0 Å². The van der Waals surface area contributed by atoms with Crippen molar-refractivity contribution >= 4 is 13.6 Å². The van der Waals surface area contributed by atoms with Gasteiger partial charge in [0.2, 0.25) is 0 Å². The fourth-order valence-electron chi connectivity index (χ4n) is 1.87. The fourth-order valence-corrected chi connectivity index (χ4v) is 2.27. The van der Waals surface area contributed by atoms with E-state index in [1.54, 1.807) is 0 Å². The molecule has 0 saturated carbocycles. The number of carbonyl (C=O) groups excluding carboxylic acids is 1. The lowest BCUT2D eigenvalue weighted by Crippen LogP contribution is -1.99. The Labute approximate surface area is 119 Å². The maximum Gasteiger partial charge on any atom is 0.524 e. The Bertz CT molecular complexity index is 463. The van der Waals surface area contributed by atoms with Gasteiger partial charge in [0.25, 0.3) is 0 Å². The minimum Gasteiger partial charge on any atom is -0.404 e. The van der Waals surface area contributed by atoms with Gasteiger partial charge in [-0.1, -0.05) is 32.6 Å². The average molecular weight is 300 g/mol. The predicted molar refractivity (Wildman–Crippen MR) is 76.8 cm³/mol. The van der Waals surface area contributed by atoms with Gasteiger partial charge in [-0.25, -0.2) is 4.57 Å². The van der Waals surface area contributed by atoms with E-state index in [1.165, 1.54) is 37.1 Å². The highest BCUT2D eigenvalue weighted by molar-refractivity contribution is 7.46. The van der Waals surface area contributed by atoms with E-state index in [2.05, 4.69) is 11.4 Å². The third-order valence-corrected chi connectivity index (χ3v) is 3.36. The molecule has 0 saturated heterocycles. The lowest BCUT2D eigenvalue weighted by atomic mass is 10.0. The topological polar surface area (TPSA) is 83.8 Å². The zero-order valence-electron chi connectivity index (χ0n) is 11.6. The number of hydrogen-bond acceptors (Lipinski definition) is 3. The van der Waals surface area contributed by atoms with Crippen LogP contribution in [0.4, 0.5) is 0 Å². The van der Waals surface area contributed by atoms with E-state index in [-0.39, 0.29) is 11.5 Å². The number of phosphoric ester groups is 1. The number of phosphoric acid groups is 1. The summed E-state index contributed by atoms with van der Waals surface area (Å²) in [5, 5.41) is 0. The second-order valence-corrected chi connectivity index (χ2v) is 5.86. The quantitative estimate of drug-likeness (QED) is 0.412. The summed E-state index contributed by atoms with van der Waals surface area (Å²) in [6, 6.07) is 5.84. The molecule has 6 heteroatoms. The molecule has 0 atom stereocenters. The number of rotatable bonds is 9. The van der Waals surface area contributed by atoms with E-state index in [1.807, 2.05) is 0 Å². The summed E-state index contributed by atoms with van der Waals surface area (Å²) in [5.74, 6) is 0.0991. The van der Waals surface area contributed by atoms with Crippen LogP contribution < -0.4 is 4.52 Å². The first-order chi connectivity index (χ1) is 9.42. The molecule has 0 fully saturated rings. The molecule has 0 aliphatic heterocycles. The summed E-state index contributed by atoms with van der Waals surface area (Å²) in [7, 11) is -4.54. The van der Waals surface area contributed by atoms with Crippen molar-refractivity contribution in [1.82, 2.24) is 0 Å². The maximum atomic E-state index is 11.9. The second-order valence-electron chi connectivity index (χ2n) is 4.69. The van der Waals surface area contributed by atoms with Crippen LogP contribution >= 0.6 is 7.82 Å². The van der Waals surface area contributed by atoms with Gasteiger partial charge in [-0.05, 0) is 30.7 Å². The highest BCUT2D eigenvalue weighted by Crippen LogP contribution is 2.37. The summed E-state index contributed by atoms with van der Waals surface area (Å²) in [6.45, 7) is 2.15. The number of benzene rings is 1. The summed E-state index contributed by atoms with van der Waals surface area (Å²) in [6.07, 6.45) is 5.96. The highest BCUT2D eigenvalue weighted by Gasteiger charge is 2.15. The minimum atomic E-state index is -4.54. The smallest absolute Gasteiger partial charge is 0.404 e. The Hall–Kier alpha value is -1.16. The van der Waals surface area contributed by atoms with Crippen LogP contribution in [0.15, 0.2) is 24.3 Å². The molecule has 0 amide bonds. The number of hydrogen-bond donors (Lipinski definition) is 2. The van der Waals surface area contributed by atoms with Gasteiger partial charge < -0.3 is 4.52 Å². The average Bonchev–Trinajstić information content (AvgIpc) is 2.37. The normalized spacial score (nSPS) is 11.3. The minimum absolute atomic E-state index is 0.0456. The van der Waals surface area contributed by atoms with E-state index >= 15 is 0 Å². The molecule has 0 spiro atoms. The van der Waals surface area contributed by atoms with E-state index in [0.717, 1.165) is 19.3 Å². The van der Waals surface area contributed by atoms with Crippen molar-refractivity contribution in [3.8, 4) is 5.75 Å². The van der Waals surface area contributed by atoms with Crippen LogP contribution in [0.25, 0.3) is 0 Å². The van der Waals surface area contributed by atoms with Crippen molar-refractivity contribution in [2.24, 2.45) is 0 Å². The molecular weight excluding hydrogens is 279 g/mol. The first-order valence-corrected chi connectivity index (χ1v) is 8.34. The van der Waals surface area contributed by atoms with Crippen molar-refractivity contribution in [2.45, 2.75) is 45.4 Å². The van der Waals surface area contributed by atoms with Crippen LogP contribution in [-0.2, 0) is 4.57 Å². The second kappa shape index (κ2) is 8.20. The van der Waals surface area contributed by atoms with Gasteiger partial charge in [0.05, 0.1) is 0 Å². The monoisotopic (exact) mass is 300 g/mol. The largest absolute Gasteiger partial charge is 0.524 e. The Morgan fingerprint density at radius 2 is 1.70 bits per heavy atom. The molecule has 0 radical (unpaired) electrons. The van der Waals surface area contributed by atoms with Crippen molar-refractivity contribution < 1.29 is 23.7 Å². The van der Waals surface area contributed by atoms with E-state index in [9.17, 15) is 9.36 Å². The Morgan fingerprint density at radius 3 is 2.25 bits per heavy atom. The van der Waals surface area contributed by atoms with Crippen molar-refractivity contribution in [1.29, 1.82) is 0 Å². The van der Waals surface area contributed by atoms with Crippen molar-refractivity contribution in [3.05, 3.63) is 29.8 Å². The molecule has 1 rings (SSSR count). The maximum absolute atomic E-state index is 11.9. The number of carbonyl (C=O) groups is 1. The van der Waals surface area contributed by atoms with Crippen LogP contribution in [0.3, 0.4) is 0 Å². The van der Waals surface area contributed by atoms with Gasteiger partial charge in [-0.2, -0.15) is 0 Å². The van der Waals surface area contributed by atoms with E-state index < -0.39 is 7.82 Å². The highest BCUT2D eigenvalue weighted by atomic mass is 31.2. The third kappa shape index (κ3) is 6.85. The van der Waals surface area contributed by atoms with Gasteiger partial charge in [-0.15, -0.1) is 0 Å². The predicted octanol–water partition coefficient (Wildman–Crippen LogP) is 3.70. The fraction of sp³-hybridized carbons (Fsp3) is 0.500. The zero-order chi connectivity index (χ0) is 15.0. The molecule has 0 aliphatic rings. The van der Waals surface area contributed by atoms with E-state index in [4.69, 9.17) is 9.79 Å². The van der Waals surface area contributed by atoms with Crippen LogP contribution in [0.2, 0.25) is 0 Å².